The number of nitrogens with zero attached hydrogens (tertiary/aromatic N) is 3. The third kappa shape index (κ3) is 2.26. The van der Waals surface area contributed by atoms with Crippen LogP contribution in [0.5, 0.6) is 0 Å². The van der Waals surface area contributed by atoms with E-state index in [-0.39, 0.29) is 6.61 Å². The normalized spacial score (nSPS) is 10.9. The van der Waals surface area contributed by atoms with Gasteiger partial charge in [-0.3, -0.25) is 0 Å². The SMILES string of the molecule is NNc1cn2ccnc2c(SCCCO)n1. The number of imidazole rings is 1. The molecule has 0 radical (unpaired) electrons. The molecule has 7 heteroatoms. The van der Waals surface area contributed by atoms with E-state index >= 15 is 0 Å². The lowest BCUT2D eigenvalue weighted by Gasteiger charge is -2.05. The number of aliphatic hydroxyl groups is 1. The Morgan fingerprint density at radius 3 is 3.19 bits per heavy atom. The molecule has 86 valence electrons. The van der Waals surface area contributed by atoms with Crippen LogP contribution in [0.2, 0.25) is 0 Å². The molecule has 16 heavy (non-hydrogen) atoms. The number of aliphatic hydroxyl groups excluding tert-OH is 1. The van der Waals surface area contributed by atoms with Gasteiger partial charge in [-0.1, -0.05) is 0 Å². The summed E-state index contributed by atoms with van der Waals surface area (Å²) in [7, 11) is 0. The number of nitrogens with two attached hydrogens (primary N) is 1. The highest BCUT2D eigenvalue weighted by Gasteiger charge is 2.07. The molecule has 0 bridgehead atoms. The molecule has 0 aromatic carbocycles. The van der Waals surface area contributed by atoms with Crippen LogP contribution in [0.15, 0.2) is 23.6 Å². The van der Waals surface area contributed by atoms with Gasteiger partial charge in [0.2, 0.25) is 0 Å². The fourth-order valence-corrected chi connectivity index (χ4v) is 2.22. The molecule has 0 atom stereocenters. The first-order valence-electron chi connectivity index (χ1n) is 4.89. The van der Waals surface area contributed by atoms with E-state index in [1.807, 2.05) is 10.6 Å². The lowest BCUT2D eigenvalue weighted by atomic mass is 10.5. The van der Waals surface area contributed by atoms with E-state index in [4.69, 9.17) is 10.9 Å². The molecule has 0 spiro atoms. The highest BCUT2D eigenvalue weighted by Crippen LogP contribution is 2.22. The Bertz CT molecular complexity index is 472. The molecule has 0 amide bonds. The zero-order chi connectivity index (χ0) is 11.4. The maximum Gasteiger partial charge on any atom is 0.169 e. The molecule has 4 N–H and O–H groups in total. The second-order valence-corrected chi connectivity index (χ2v) is 4.24. The molecule has 2 rings (SSSR count). The molecule has 0 saturated carbocycles. The smallest absolute Gasteiger partial charge is 0.169 e. The first kappa shape index (κ1) is 11.2. The number of hydrazine groups is 1. The highest BCUT2D eigenvalue weighted by atomic mass is 32.2. The Morgan fingerprint density at radius 2 is 2.44 bits per heavy atom. The van der Waals surface area contributed by atoms with Gasteiger partial charge in [-0.05, 0) is 6.42 Å². The maximum atomic E-state index is 8.73. The summed E-state index contributed by atoms with van der Waals surface area (Å²) in [5.41, 5.74) is 3.32. The standard InChI is InChI=1S/C9H13N5OS/c10-13-7-6-14-3-2-11-8(14)9(12-7)16-5-1-4-15/h2-3,6,13,15H,1,4-5,10H2. The Hall–Kier alpha value is -1.31. The number of hydrogen-bond donors (Lipinski definition) is 3. The molecule has 0 unspecified atom stereocenters. The lowest BCUT2D eigenvalue weighted by molar-refractivity contribution is 0.296. The minimum atomic E-state index is 0.187. The second-order valence-electron chi connectivity index (χ2n) is 3.16. The monoisotopic (exact) mass is 239 g/mol. The predicted octanol–water partition coefficient (Wildman–Crippen LogP) is 0.489. The van der Waals surface area contributed by atoms with Crippen molar-refractivity contribution in [3.05, 3.63) is 18.6 Å². The van der Waals surface area contributed by atoms with Gasteiger partial charge in [0.15, 0.2) is 11.5 Å². The largest absolute Gasteiger partial charge is 0.396 e. The lowest BCUT2D eigenvalue weighted by Crippen LogP contribution is -2.10. The minimum Gasteiger partial charge on any atom is -0.396 e. The fourth-order valence-electron chi connectivity index (χ4n) is 1.30. The van der Waals surface area contributed by atoms with Gasteiger partial charge in [-0.2, -0.15) is 0 Å². The summed E-state index contributed by atoms with van der Waals surface area (Å²) in [5, 5.41) is 9.55. The van der Waals surface area contributed by atoms with E-state index in [2.05, 4.69) is 15.4 Å². The Morgan fingerprint density at radius 1 is 1.56 bits per heavy atom. The van der Waals surface area contributed by atoms with Gasteiger partial charge in [0.05, 0.1) is 6.20 Å². The summed E-state index contributed by atoms with van der Waals surface area (Å²) in [6, 6.07) is 0. The molecule has 2 aromatic rings. The van der Waals surface area contributed by atoms with Crippen molar-refractivity contribution in [1.82, 2.24) is 14.4 Å². The van der Waals surface area contributed by atoms with Crippen molar-refractivity contribution < 1.29 is 5.11 Å². The van der Waals surface area contributed by atoms with Crippen molar-refractivity contribution >= 4 is 23.2 Å². The molecule has 0 aliphatic heterocycles. The summed E-state index contributed by atoms with van der Waals surface area (Å²) < 4.78 is 1.86. The second kappa shape index (κ2) is 5.15. The van der Waals surface area contributed by atoms with Gasteiger partial charge >= 0.3 is 0 Å². The number of nitrogen functional groups attached to an aromatic ring is 1. The van der Waals surface area contributed by atoms with Crippen LogP contribution in [-0.2, 0) is 0 Å². The van der Waals surface area contributed by atoms with Crippen LogP contribution in [0.25, 0.3) is 5.65 Å². The van der Waals surface area contributed by atoms with Gasteiger partial charge in [-0.25, -0.2) is 15.8 Å². The molecular weight excluding hydrogens is 226 g/mol. The number of rotatable bonds is 5. The van der Waals surface area contributed by atoms with Gasteiger partial charge in [-0.15, -0.1) is 11.8 Å². The third-order valence-electron chi connectivity index (χ3n) is 2.03. The van der Waals surface area contributed by atoms with Gasteiger partial charge in [0, 0.05) is 24.8 Å². The molecular formula is C9H13N5OS. The highest BCUT2D eigenvalue weighted by molar-refractivity contribution is 7.99. The van der Waals surface area contributed by atoms with Crippen molar-refractivity contribution in [2.45, 2.75) is 11.4 Å². The van der Waals surface area contributed by atoms with Crippen LogP contribution < -0.4 is 11.3 Å². The van der Waals surface area contributed by atoms with Crippen molar-refractivity contribution in [3.63, 3.8) is 0 Å². The molecule has 0 aliphatic rings. The zero-order valence-electron chi connectivity index (χ0n) is 8.63. The molecule has 2 heterocycles. The van der Waals surface area contributed by atoms with Crippen molar-refractivity contribution in [1.29, 1.82) is 0 Å². The van der Waals surface area contributed by atoms with Gasteiger partial charge < -0.3 is 14.9 Å². The van der Waals surface area contributed by atoms with E-state index in [1.165, 1.54) is 0 Å². The van der Waals surface area contributed by atoms with Crippen molar-refractivity contribution in [2.24, 2.45) is 5.84 Å². The third-order valence-corrected chi connectivity index (χ3v) is 3.07. The fraction of sp³-hybridized carbons (Fsp3) is 0.333. The molecule has 2 aromatic heterocycles. The van der Waals surface area contributed by atoms with Crippen LogP contribution in [0, 0.1) is 0 Å². The summed E-state index contributed by atoms with van der Waals surface area (Å²) in [4.78, 5) is 8.55. The van der Waals surface area contributed by atoms with Crippen molar-refractivity contribution in [2.75, 3.05) is 17.8 Å². The van der Waals surface area contributed by atoms with E-state index in [0.717, 1.165) is 22.8 Å². The number of thioether (sulfide) groups is 1. The van der Waals surface area contributed by atoms with Crippen LogP contribution in [-0.4, -0.2) is 31.8 Å². The molecule has 0 saturated heterocycles. The molecule has 0 aliphatic carbocycles. The maximum absolute atomic E-state index is 8.73. The summed E-state index contributed by atoms with van der Waals surface area (Å²) >= 11 is 1.56. The first-order valence-corrected chi connectivity index (χ1v) is 5.87. The quantitative estimate of drug-likeness (QED) is 0.304. The van der Waals surface area contributed by atoms with Crippen LogP contribution in [0.1, 0.15) is 6.42 Å². The van der Waals surface area contributed by atoms with Crippen LogP contribution in [0.4, 0.5) is 5.82 Å². The zero-order valence-corrected chi connectivity index (χ0v) is 9.44. The average Bonchev–Trinajstić information content (AvgIpc) is 2.77. The number of hydrogen-bond acceptors (Lipinski definition) is 6. The van der Waals surface area contributed by atoms with E-state index in [9.17, 15) is 0 Å². The topological polar surface area (TPSA) is 88.5 Å². The number of anilines is 1. The molecule has 0 fully saturated rings. The Kier molecular flexibility index (Phi) is 3.60. The number of nitrogens with one attached hydrogen (secondary N) is 1. The first-order chi connectivity index (χ1) is 7.85. The Labute approximate surface area is 96.9 Å². The van der Waals surface area contributed by atoms with Crippen LogP contribution in [0.3, 0.4) is 0 Å². The predicted molar refractivity (Wildman–Crippen MR) is 63.2 cm³/mol. The van der Waals surface area contributed by atoms with Gasteiger partial charge in [0.1, 0.15) is 5.03 Å². The number of fused-ring (bicyclic) bond motifs is 1. The summed E-state index contributed by atoms with van der Waals surface area (Å²) in [6.45, 7) is 0.187. The van der Waals surface area contributed by atoms with E-state index in [1.54, 1.807) is 24.2 Å². The van der Waals surface area contributed by atoms with Crippen molar-refractivity contribution in [3.8, 4) is 0 Å². The summed E-state index contributed by atoms with van der Waals surface area (Å²) in [6.07, 6.45) is 6.07. The summed E-state index contributed by atoms with van der Waals surface area (Å²) in [5.74, 6) is 6.74. The van der Waals surface area contributed by atoms with Crippen LogP contribution >= 0.6 is 11.8 Å². The number of aromatic nitrogens is 3. The Balaban J connectivity index is 2.29. The van der Waals surface area contributed by atoms with Gasteiger partial charge in [0.25, 0.3) is 0 Å². The van der Waals surface area contributed by atoms with E-state index in [0.29, 0.717) is 5.82 Å². The van der Waals surface area contributed by atoms with E-state index < -0.39 is 0 Å². The minimum absolute atomic E-state index is 0.187. The molecule has 6 nitrogen and oxygen atoms in total. The average molecular weight is 239 g/mol.